The average molecular weight is 348 g/mol. The van der Waals surface area contributed by atoms with E-state index in [-0.39, 0.29) is 0 Å². The fourth-order valence-corrected chi connectivity index (χ4v) is 4.16. The summed E-state index contributed by atoms with van der Waals surface area (Å²) in [5.41, 5.74) is 0. The Hall–Kier alpha value is -1.57. The molecule has 2 aromatic rings. The van der Waals surface area contributed by atoms with Crippen LogP contribution in [0.15, 0.2) is 39.8 Å². The molecule has 0 spiro atoms. The van der Waals surface area contributed by atoms with Gasteiger partial charge < -0.3 is 9.42 Å². The molecule has 6 nitrogen and oxygen atoms in total. The first-order valence-electron chi connectivity index (χ1n) is 8.27. The van der Waals surface area contributed by atoms with Crippen molar-refractivity contribution in [1.82, 2.24) is 19.9 Å². The Labute approximate surface area is 145 Å². The van der Waals surface area contributed by atoms with Crippen molar-refractivity contribution >= 4 is 10.8 Å². The molecule has 1 aromatic carbocycles. The summed E-state index contributed by atoms with van der Waals surface area (Å²) in [7, 11) is 1.18. The van der Waals surface area contributed by atoms with Gasteiger partial charge in [0, 0.05) is 36.7 Å². The van der Waals surface area contributed by atoms with Gasteiger partial charge in [-0.25, -0.2) is 0 Å². The summed E-state index contributed by atoms with van der Waals surface area (Å²) in [5.74, 6) is 2.03. The number of likely N-dealkylation sites (tertiary alicyclic amines) is 1. The van der Waals surface area contributed by atoms with Crippen LogP contribution in [0.5, 0.6) is 0 Å². The van der Waals surface area contributed by atoms with E-state index >= 15 is 0 Å². The molecule has 2 atom stereocenters. The van der Waals surface area contributed by atoms with E-state index in [0.717, 1.165) is 36.8 Å². The number of nitrogens with zero attached hydrogens (tertiary/aromatic N) is 4. The lowest BCUT2D eigenvalue weighted by Gasteiger charge is -2.23. The molecule has 0 bridgehead atoms. The van der Waals surface area contributed by atoms with Crippen LogP contribution in [-0.2, 0) is 17.3 Å². The number of rotatable bonds is 7. The highest BCUT2D eigenvalue weighted by molar-refractivity contribution is 7.85. The van der Waals surface area contributed by atoms with Crippen molar-refractivity contribution in [3.05, 3.63) is 42.0 Å². The van der Waals surface area contributed by atoms with E-state index in [1.807, 2.05) is 30.3 Å². The standard InChI is InChI=1S/C17H24N4O2S/c1-14-18-17(19-23-14)13-20(2)15-8-9-21(12-15)10-11-24(22)16-6-4-3-5-7-16/h3-7,15H,8-13H2,1-2H3. The maximum absolute atomic E-state index is 12.3. The SMILES string of the molecule is Cc1nc(CN(C)C2CCN(CCS(=O)c3ccccc3)C2)no1. The second-order valence-electron chi connectivity index (χ2n) is 6.25. The predicted octanol–water partition coefficient (Wildman–Crippen LogP) is 1.69. The van der Waals surface area contributed by atoms with E-state index in [4.69, 9.17) is 4.52 Å². The molecule has 2 heterocycles. The van der Waals surface area contributed by atoms with Crippen LogP contribution in [0.2, 0.25) is 0 Å². The summed E-state index contributed by atoms with van der Waals surface area (Å²) >= 11 is 0. The third-order valence-electron chi connectivity index (χ3n) is 4.43. The third kappa shape index (κ3) is 4.49. The Morgan fingerprint density at radius 2 is 2.17 bits per heavy atom. The quantitative estimate of drug-likeness (QED) is 0.759. The van der Waals surface area contributed by atoms with Gasteiger partial charge in [-0.15, -0.1) is 0 Å². The van der Waals surface area contributed by atoms with Gasteiger partial charge in [-0.3, -0.25) is 9.11 Å². The van der Waals surface area contributed by atoms with E-state index in [9.17, 15) is 4.21 Å². The van der Waals surface area contributed by atoms with Crippen molar-refractivity contribution in [2.45, 2.75) is 30.8 Å². The monoisotopic (exact) mass is 348 g/mol. The molecule has 3 rings (SSSR count). The molecule has 1 aliphatic rings. The third-order valence-corrected chi connectivity index (χ3v) is 5.78. The molecule has 1 aromatic heterocycles. The highest BCUT2D eigenvalue weighted by Crippen LogP contribution is 2.16. The number of hydrogen-bond acceptors (Lipinski definition) is 6. The van der Waals surface area contributed by atoms with Crippen LogP contribution in [0.1, 0.15) is 18.1 Å². The van der Waals surface area contributed by atoms with Gasteiger partial charge in [-0.05, 0) is 32.1 Å². The zero-order chi connectivity index (χ0) is 16.9. The minimum absolute atomic E-state index is 0.481. The molecule has 0 saturated carbocycles. The van der Waals surface area contributed by atoms with E-state index in [1.54, 1.807) is 6.92 Å². The van der Waals surface area contributed by atoms with E-state index in [0.29, 0.717) is 24.2 Å². The molecule has 0 N–H and O–H groups in total. The first-order valence-corrected chi connectivity index (χ1v) is 9.59. The van der Waals surface area contributed by atoms with Gasteiger partial charge in [0.25, 0.3) is 0 Å². The van der Waals surface area contributed by atoms with Gasteiger partial charge in [0.2, 0.25) is 5.89 Å². The van der Waals surface area contributed by atoms with E-state index in [2.05, 4.69) is 27.0 Å². The van der Waals surface area contributed by atoms with Crippen molar-refractivity contribution in [3.8, 4) is 0 Å². The fourth-order valence-electron chi connectivity index (χ4n) is 3.03. The number of likely N-dealkylation sites (N-methyl/N-ethyl adjacent to an activating group) is 1. The largest absolute Gasteiger partial charge is 0.340 e. The van der Waals surface area contributed by atoms with Gasteiger partial charge in [0.15, 0.2) is 5.82 Å². The molecule has 1 aliphatic heterocycles. The van der Waals surface area contributed by atoms with Crippen molar-refractivity contribution < 1.29 is 8.73 Å². The molecule has 1 fully saturated rings. The van der Waals surface area contributed by atoms with E-state index in [1.165, 1.54) is 0 Å². The molecule has 24 heavy (non-hydrogen) atoms. The summed E-state index contributed by atoms with van der Waals surface area (Å²) < 4.78 is 17.3. The summed E-state index contributed by atoms with van der Waals surface area (Å²) in [5, 5.41) is 3.96. The van der Waals surface area contributed by atoms with E-state index < -0.39 is 10.8 Å². The molecule has 1 saturated heterocycles. The number of hydrogen-bond donors (Lipinski definition) is 0. The molecule has 2 unspecified atom stereocenters. The van der Waals surface area contributed by atoms with Crippen LogP contribution >= 0.6 is 0 Å². The van der Waals surface area contributed by atoms with Crippen molar-refractivity contribution in [2.24, 2.45) is 0 Å². The maximum atomic E-state index is 12.3. The Morgan fingerprint density at radius 3 is 2.88 bits per heavy atom. The van der Waals surface area contributed by atoms with Crippen LogP contribution in [-0.4, -0.2) is 62.6 Å². The minimum atomic E-state index is -0.918. The Balaban J connectivity index is 1.44. The summed E-state index contributed by atoms with van der Waals surface area (Å²) in [6.45, 7) is 5.42. The Kier molecular flexibility index (Phi) is 5.76. The number of aromatic nitrogens is 2. The highest BCUT2D eigenvalue weighted by Gasteiger charge is 2.26. The molecule has 0 radical (unpaired) electrons. The number of aryl methyl sites for hydroxylation is 1. The average Bonchev–Trinajstić information content (AvgIpc) is 3.22. The first-order chi connectivity index (χ1) is 11.6. The van der Waals surface area contributed by atoms with Crippen LogP contribution < -0.4 is 0 Å². The van der Waals surface area contributed by atoms with Gasteiger partial charge in [-0.1, -0.05) is 23.4 Å². The number of benzene rings is 1. The Bertz CT molecular complexity index is 676. The summed E-state index contributed by atoms with van der Waals surface area (Å²) in [6.07, 6.45) is 1.12. The van der Waals surface area contributed by atoms with Crippen LogP contribution in [0, 0.1) is 6.92 Å². The molecule has 130 valence electrons. The lowest BCUT2D eigenvalue weighted by atomic mass is 10.2. The first kappa shape index (κ1) is 17.3. The topological polar surface area (TPSA) is 62.5 Å². The van der Waals surface area contributed by atoms with Crippen molar-refractivity contribution in [2.75, 3.05) is 32.4 Å². The van der Waals surface area contributed by atoms with Crippen LogP contribution in [0.4, 0.5) is 0 Å². The molecular formula is C17H24N4O2S. The lowest BCUT2D eigenvalue weighted by Crippen LogP contribution is -2.35. The lowest BCUT2D eigenvalue weighted by molar-refractivity contribution is 0.220. The summed E-state index contributed by atoms with van der Waals surface area (Å²) in [4.78, 5) is 9.84. The van der Waals surface area contributed by atoms with Gasteiger partial charge >= 0.3 is 0 Å². The molecule has 7 heteroatoms. The van der Waals surface area contributed by atoms with Crippen molar-refractivity contribution in [3.63, 3.8) is 0 Å². The van der Waals surface area contributed by atoms with Crippen LogP contribution in [0.25, 0.3) is 0 Å². The van der Waals surface area contributed by atoms with Gasteiger partial charge in [-0.2, -0.15) is 4.98 Å². The second-order valence-corrected chi connectivity index (χ2v) is 7.82. The smallest absolute Gasteiger partial charge is 0.223 e. The fraction of sp³-hybridized carbons (Fsp3) is 0.529. The van der Waals surface area contributed by atoms with Crippen molar-refractivity contribution in [1.29, 1.82) is 0 Å². The van der Waals surface area contributed by atoms with Crippen LogP contribution in [0.3, 0.4) is 0 Å². The summed E-state index contributed by atoms with van der Waals surface area (Å²) in [6, 6.07) is 10.2. The molecule has 0 aliphatic carbocycles. The predicted molar refractivity (Wildman–Crippen MR) is 93.1 cm³/mol. The van der Waals surface area contributed by atoms with Gasteiger partial charge in [0.05, 0.1) is 17.3 Å². The maximum Gasteiger partial charge on any atom is 0.223 e. The second kappa shape index (κ2) is 8.00. The zero-order valence-electron chi connectivity index (χ0n) is 14.2. The molecular weight excluding hydrogens is 324 g/mol. The zero-order valence-corrected chi connectivity index (χ0v) is 15.0. The Morgan fingerprint density at radius 1 is 1.38 bits per heavy atom. The minimum Gasteiger partial charge on any atom is -0.340 e. The normalized spacial score (nSPS) is 19.9. The van der Waals surface area contributed by atoms with Gasteiger partial charge in [0.1, 0.15) is 0 Å². The highest BCUT2D eigenvalue weighted by atomic mass is 32.2. The molecule has 0 amide bonds.